The quantitative estimate of drug-likeness (QED) is 0.231. The van der Waals surface area contributed by atoms with Crippen LogP contribution >= 0.6 is 22.7 Å². The number of amides is 1. The first kappa shape index (κ1) is 25.6. The van der Waals surface area contributed by atoms with Gasteiger partial charge in [-0.05, 0) is 46.5 Å². The van der Waals surface area contributed by atoms with Crippen molar-refractivity contribution in [2.45, 2.75) is 12.6 Å². The average Bonchev–Trinajstić information content (AvgIpc) is 3.76. The molecule has 5 heterocycles. The largest absolute Gasteiger partial charge is 0.496 e. The summed E-state index contributed by atoms with van der Waals surface area (Å²) in [6.45, 7) is 1.51. The van der Waals surface area contributed by atoms with Crippen LogP contribution in [0.25, 0.3) is 37.8 Å². The molecule has 41 heavy (non-hydrogen) atoms. The summed E-state index contributed by atoms with van der Waals surface area (Å²) in [6.07, 6.45) is 1.80. The van der Waals surface area contributed by atoms with Crippen LogP contribution in [-0.2, 0) is 11.3 Å². The summed E-state index contributed by atoms with van der Waals surface area (Å²) in [4.78, 5) is 18.8. The molecule has 0 aliphatic carbocycles. The smallest absolute Gasteiger partial charge is 0.294 e. The highest BCUT2D eigenvalue weighted by molar-refractivity contribution is 7.18. The summed E-state index contributed by atoms with van der Waals surface area (Å²) >= 11 is 2.98. The SMILES string of the molecule is COc1cc(OCc2csc(-c3ccc(C(=O)NC4COC4)cc3)c2)c2cc(-c3cn4nc(OC)sc4n3)oc2c1. The van der Waals surface area contributed by atoms with Crippen LogP contribution in [0.4, 0.5) is 0 Å². The third-order valence-corrected chi connectivity index (χ3v) is 8.63. The molecule has 0 atom stereocenters. The first-order valence-electron chi connectivity index (χ1n) is 12.8. The Bertz CT molecular complexity index is 1830. The van der Waals surface area contributed by atoms with Crippen LogP contribution in [-0.4, -0.2) is 54.0 Å². The average molecular weight is 589 g/mol. The highest BCUT2D eigenvalue weighted by Gasteiger charge is 2.21. The van der Waals surface area contributed by atoms with Crippen molar-refractivity contribution in [2.75, 3.05) is 27.4 Å². The van der Waals surface area contributed by atoms with E-state index >= 15 is 0 Å². The summed E-state index contributed by atoms with van der Waals surface area (Å²) in [5, 5.41) is 10.7. The normalized spacial score (nSPS) is 13.4. The number of rotatable bonds is 9. The Morgan fingerprint density at radius 3 is 2.71 bits per heavy atom. The van der Waals surface area contributed by atoms with Crippen molar-refractivity contribution in [1.29, 1.82) is 0 Å². The Hall–Kier alpha value is -4.39. The van der Waals surface area contributed by atoms with Gasteiger partial charge in [-0.25, -0.2) is 9.50 Å². The number of furan rings is 1. The molecule has 1 aliphatic heterocycles. The predicted molar refractivity (Wildman–Crippen MR) is 155 cm³/mol. The molecule has 2 aromatic carbocycles. The lowest BCUT2D eigenvalue weighted by atomic mass is 10.1. The van der Waals surface area contributed by atoms with E-state index in [2.05, 4.69) is 26.8 Å². The number of thiophene rings is 1. The van der Waals surface area contributed by atoms with Crippen molar-refractivity contribution >= 4 is 44.5 Å². The second-order valence-electron chi connectivity index (χ2n) is 9.47. The molecule has 0 spiro atoms. The van der Waals surface area contributed by atoms with Crippen LogP contribution in [0.2, 0.25) is 0 Å². The van der Waals surface area contributed by atoms with Crippen LogP contribution in [0.1, 0.15) is 15.9 Å². The van der Waals surface area contributed by atoms with Gasteiger partial charge < -0.3 is 28.7 Å². The summed E-state index contributed by atoms with van der Waals surface area (Å²) in [6, 6.07) is 15.4. The molecule has 1 fully saturated rings. The standard InChI is InChI=1S/C29H24N4O6S2/c1-35-20-8-23(21-10-25(39-24(21)9-20)22-11-33-28(31-22)41-29(32-33)36-2)38-12-16-7-26(40-15-16)17-3-5-18(6-4-17)27(34)30-19-13-37-14-19/h3-11,15,19H,12-14H2,1-2H3,(H,30,34). The van der Waals surface area contributed by atoms with Crippen molar-refractivity contribution in [1.82, 2.24) is 19.9 Å². The van der Waals surface area contributed by atoms with Gasteiger partial charge in [0.1, 0.15) is 29.4 Å². The van der Waals surface area contributed by atoms with Gasteiger partial charge >= 0.3 is 0 Å². The number of nitrogens with one attached hydrogen (secondary N) is 1. The van der Waals surface area contributed by atoms with Crippen LogP contribution in [0.3, 0.4) is 0 Å². The minimum absolute atomic E-state index is 0.0817. The molecule has 7 rings (SSSR count). The zero-order valence-electron chi connectivity index (χ0n) is 22.1. The number of ether oxygens (including phenoxy) is 4. The maximum Gasteiger partial charge on any atom is 0.294 e. The van der Waals surface area contributed by atoms with E-state index in [1.807, 2.05) is 42.5 Å². The molecule has 1 aliphatic rings. The monoisotopic (exact) mass is 588 g/mol. The number of carbonyl (C=O) groups is 1. The molecule has 1 N–H and O–H groups in total. The van der Waals surface area contributed by atoms with Crippen molar-refractivity contribution in [3.05, 3.63) is 71.2 Å². The Balaban J connectivity index is 1.08. The molecule has 12 heteroatoms. The van der Waals surface area contributed by atoms with Crippen molar-refractivity contribution < 1.29 is 28.2 Å². The molecule has 10 nitrogen and oxygen atoms in total. The molecule has 0 unspecified atom stereocenters. The van der Waals surface area contributed by atoms with Gasteiger partial charge in [-0.1, -0.05) is 12.1 Å². The number of benzene rings is 2. The van der Waals surface area contributed by atoms with Gasteiger partial charge in [0.05, 0.1) is 45.1 Å². The summed E-state index contributed by atoms with van der Waals surface area (Å²) in [5.41, 5.74) is 4.01. The molecule has 6 aromatic rings. The zero-order chi connectivity index (χ0) is 27.9. The van der Waals surface area contributed by atoms with Crippen molar-refractivity contribution in [3.63, 3.8) is 0 Å². The molecular formula is C29H24N4O6S2. The molecule has 0 bridgehead atoms. The Labute approximate surface area is 242 Å². The number of carbonyl (C=O) groups excluding carboxylic acids is 1. The molecule has 0 saturated carbocycles. The molecule has 0 radical (unpaired) electrons. The van der Waals surface area contributed by atoms with E-state index in [9.17, 15) is 4.79 Å². The van der Waals surface area contributed by atoms with Gasteiger partial charge in [-0.3, -0.25) is 4.79 Å². The van der Waals surface area contributed by atoms with Crippen LogP contribution in [0.5, 0.6) is 16.7 Å². The van der Waals surface area contributed by atoms with Gasteiger partial charge in [-0.2, -0.15) is 0 Å². The number of methoxy groups -OCH3 is 2. The number of fused-ring (bicyclic) bond motifs is 2. The maximum atomic E-state index is 12.4. The van der Waals surface area contributed by atoms with E-state index in [1.54, 1.807) is 36.3 Å². The van der Waals surface area contributed by atoms with E-state index in [4.69, 9.17) is 23.4 Å². The lowest BCUT2D eigenvalue weighted by Gasteiger charge is -2.26. The van der Waals surface area contributed by atoms with E-state index in [0.717, 1.165) is 21.4 Å². The number of nitrogens with zero attached hydrogens (tertiary/aromatic N) is 3. The van der Waals surface area contributed by atoms with Gasteiger partial charge in [0, 0.05) is 28.1 Å². The topological polar surface area (TPSA) is 109 Å². The van der Waals surface area contributed by atoms with Gasteiger partial charge in [0.25, 0.3) is 11.1 Å². The molecule has 1 amide bonds. The Morgan fingerprint density at radius 2 is 1.98 bits per heavy atom. The Kier molecular flexibility index (Phi) is 6.57. The third-order valence-electron chi connectivity index (χ3n) is 6.71. The minimum atomic E-state index is -0.0817. The first-order valence-corrected chi connectivity index (χ1v) is 14.5. The van der Waals surface area contributed by atoms with Crippen LogP contribution in [0, 0.1) is 0 Å². The fourth-order valence-electron chi connectivity index (χ4n) is 4.47. The van der Waals surface area contributed by atoms with Gasteiger partial charge in [0.15, 0.2) is 5.76 Å². The molecule has 1 saturated heterocycles. The first-order chi connectivity index (χ1) is 20.1. The maximum absolute atomic E-state index is 12.4. The second-order valence-corrected chi connectivity index (χ2v) is 11.3. The Morgan fingerprint density at radius 1 is 1.12 bits per heavy atom. The van der Waals surface area contributed by atoms with E-state index < -0.39 is 0 Å². The zero-order valence-corrected chi connectivity index (χ0v) is 23.7. The highest BCUT2D eigenvalue weighted by Crippen LogP contribution is 2.38. The minimum Gasteiger partial charge on any atom is -0.496 e. The van der Waals surface area contributed by atoms with Gasteiger partial charge in [0.2, 0.25) is 4.96 Å². The number of aromatic nitrogens is 3. The van der Waals surface area contributed by atoms with Crippen LogP contribution < -0.4 is 19.5 Å². The fraction of sp³-hybridized carbons (Fsp3) is 0.207. The lowest BCUT2D eigenvalue weighted by Crippen LogP contribution is -2.48. The predicted octanol–water partition coefficient (Wildman–Crippen LogP) is 5.66. The summed E-state index contributed by atoms with van der Waals surface area (Å²) < 4.78 is 29.9. The number of imidazole rings is 1. The number of hydrogen-bond acceptors (Lipinski definition) is 10. The van der Waals surface area contributed by atoms with E-state index in [0.29, 0.717) is 64.1 Å². The van der Waals surface area contributed by atoms with E-state index in [-0.39, 0.29) is 11.9 Å². The fourth-order valence-corrected chi connectivity index (χ4v) is 6.07. The lowest BCUT2D eigenvalue weighted by molar-refractivity contribution is -0.00346. The molecule has 4 aromatic heterocycles. The summed E-state index contributed by atoms with van der Waals surface area (Å²) in [7, 11) is 3.19. The molecule has 208 valence electrons. The van der Waals surface area contributed by atoms with Crippen molar-refractivity contribution in [2.24, 2.45) is 0 Å². The third kappa shape index (κ3) is 5.01. The summed E-state index contributed by atoms with van der Waals surface area (Å²) in [5.74, 6) is 1.80. The molecular weight excluding hydrogens is 564 g/mol. The number of hydrogen-bond donors (Lipinski definition) is 1. The van der Waals surface area contributed by atoms with Gasteiger partial charge in [-0.15, -0.1) is 16.4 Å². The van der Waals surface area contributed by atoms with E-state index in [1.165, 1.54) is 11.3 Å². The highest BCUT2D eigenvalue weighted by atomic mass is 32.1. The second kappa shape index (κ2) is 10.5. The van der Waals surface area contributed by atoms with Crippen molar-refractivity contribution in [3.8, 4) is 38.6 Å². The van der Waals surface area contributed by atoms with Crippen LogP contribution in [0.15, 0.2) is 64.5 Å².